The molecule has 0 saturated heterocycles. The lowest BCUT2D eigenvalue weighted by Gasteiger charge is -2.33. The number of aryl methyl sites for hydroxylation is 3. The van der Waals surface area contributed by atoms with Crippen molar-refractivity contribution in [3.8, 4) is 0 Å². The van der Waals surface area contributed by atoms with Crippen LogP contribution < -0.4 is 5.32 Å². The highest BCUT2D eigenvalue weighted by Crippen LogP contribution is 2.38. The summed E-state index contributed by atoms with van der Waals surface area (Å²) in [5, 5.41) is 11.3. The topological polar surface area (TPSA) is 73.0 Å². The highest BCUT2D eigenvalue weighted by molar-refractivity contribution is 5.93. The summed E-state index contributed by atoms with van der Waals surface area (Å²) in [6, 6.07) is 0. The number of rotatable bonds is 5. The zero-order valence-electron chi connectivity index (χ0n) is 15.6. The van der Waals surface area contributed by atoms with Crippen molar-refractivity contribution in [2.45, 2.75) is 59.9 Å². The molecule has 0 aromatic carbocycles. The molecule has 0 saturated carbocycles. The van der Waals surface area contributed by atoms with E-state index in [1.54, 1.807) is 0 Å². The number of nitrogens with one attached hydrogen (secondary N) is 1. The van der Waals surface area contributed by atoms with Gasteiger partial charge in [0.15, 0.2) is 5.69 Å². The molecular weight excluding hydrogens is 316 g/mol. The van der Waals surface area contributed by atoms with Crippen LogP contribution in [-0.4, -0.2) is 27.4 Å². The maximum Gasteiger partial charge on any atom is 0.273 e. The van der Waals surface area contributed by atoms with Gasteiger partial charge in [-0.3, -0.25) is 9.48 Å². The summed E-state index contributed by atoms with van der Waals surface area (Å²) in [6.45, 7) is 10.2. The Bertz CT molecular complexity index is 739. The van der Waals surface area contributed by atoms with E-state index >= 15 is 0 Å². The molecule has 1 aliphatic rings. The number of hydrogen-bond acceptors (Lipinski definition) is 4. The zero-order chi connectivity index (χ0) is 18.0. The smallest absolute Gasteiger partial charge is 0.273 e. The third kappa shape index (κ3) is 4.11. The maximum atomic E-state index is 12.5. The number of aromatic nitrogens is 3. The second-order valence-corrected chi connectivity index (χ2v) is 8.13. The summed E-state index contributed by atoms with van der Waals surface area (Å²) in [6.07, 6.45) is 7.51. The van der Waals surface area contributed by atoms with Gasteiger partial charge in [-0.1, -0.05) is 25.9 Å². The highest BCUT2D eigenvalue weighted by atomic mass is 16.5. The molecule has 136 valence electrons. The quantitative estimate of drug-likeness (QED) is 0.846. The van der Waals surface area contributed by atoms with Gasteiger partial charge in [-0.05, 0) is 43.1 Å². The molecule has 0 spiro atoms. The third-order valence-electron chi connectivity index (χ3n) is 5.09. The zero-order valence-corrected chi connectivity index (χ0v) is 15.6. The molecule has 0 bridgehead atoms. The second kappa shape index (κ2) is 7.02. The summed E-state index contributed by atoms with van der Waals surface area (Å²) in [5.74, 6) is 1.31. The molecule has 1 N–H and O–H groups in total. The first-order valence-corrected chi connectivity index (χ1v) is 9.09. The minimum Gasteiger partial charge on any atom is -0.360 e. The largest absolute Gasteiger partial charge is 0.360 e. The molecule has 6 heteroatoms. The van der Waals surface area contributed by atoms with Gasteiger partial charge in [-0.2, -0.15) is 5.10 Å². The first-order valence-electron chi connectivity index (χ1n) is 9.09. The Balaban J connectivity index is 1.55. The summed E-state index contributed by atoms with van der Waals surface area (Å²) < 4.78 is 7.32. The second-order valence-electron chi connectivity index (χ2n) is 8.13. The van der Waals surface area contributed by atoms with Gasteiger partial charge in [0.2, 0.25) is 0 Å². The van der Waals surface area contributed by atoms with E-state index in [-0.39, 0.29) is 11.3 Å². The van der Waals surface area contributed by atoms with E-state index < -0.39 is 0 Å². The number of carbonyl (C=O) groups is 1. The number of carbonyl (C=O) groups excluding carboxylic acids is 1. The first kappa shape index (κ1) is 17.7. The average molecular weight is 344 g/mol. The van der Waals surface area contributed by atoms with Gasteiger partial charge >= 0.3 is 0 Å². The Morgan fingerprint density at radius 2 is 2.24 bits per heavy atom. The van der Waals surface area contributed by atoms with Crippen LogP contribution in [0.1, 0.15) is 61.0 Å². The van der Waals surface area contributed by atoms with Crippen molar-refractivity contribution in [3.63, 3.8) is 0 Å². The lowest BCUT2D eigenvalue weighted by molar-refractivity contribution is 0.0942. The lowest BCUT2D eigenvalue weighted by atomic mass is 9.71. The van der Waals surface area contributed by atoms with Crippen molar-refractivity contribution < 1.29 is 9.32 Å². The van der Waals surface area contributed by atoms with Crippen LogP contribution in [0.4, 0.5) is 0 Å². The van der Waals surface area contributed by atoms with E-state index in [0.717, 1.165) is 49.1 Å². The van der Waals surface area contributed by atoms with Crippen LogP contribution in [0.3, 0.4) is 0 Å². The van der Waals surface area contributed by atoms with Crippen LogP contribution in [0.15, 0.2) is 16.9 Å². The van der Waals surface area contributed by atoms with Crippen molar-refractivity contribution in [2.24, 2.45) is 11.3 Å². The minimum absolute atomic E-state index is 0.129. The summed E-state index contributed by atoms with van der Waals surface area (Å²) in [4.78, 5) is 12.5. The van der Waals surface area contributed by atoms with E-state index in [9.17, 15) is 4.79 Å². The molecule has 2 aromatic rings. The Kier molecular flexibility index (Phi) is 4.97. The Hall–Kier alpha value is -2.11. The Labute approximate surface area is 149 Å². The molecule has 0 aliphatic heterocycles. The molecular formula is C19H28N4O2. The van der Waals surface area contributed by atoms with Crippen molar-refractivity contribution in [3.05, 3.63) is 35.0 Å². The van der Waals surface area contributed by atoms with Gasteiger partial charge < -0.3 is 9.84 Å². The fraction of sp³-hybridized carbons (Fsp3) is 0.632. The van der Waals surface area contributed by atoms with Crippen LogP contribution in [0, 0.1) is 18.3 Å². The van der Waals surface area contributed by atoms with E-state index in [0.29, 0.717) is 18.2 Å². The number of amides is 1. The lowest BCUT2D eigenvalue weighted by Crippen LogP contribution is -2.30. The maximum absolute atomic E-state index is 12.5. The minimum atomic E-state index is -0.129. The molecule has 0 fully saturated rings. The molecule has 0 radical (unpaired) electrons. The third-order valence-corrected chi connectivity index (χ3v) is 5.09. The fourth-order valence-corrected chi connectivity index (χ4v) is 3.44. The van der Waals surface area contributed by atoms with Gasteiger partial charge in [-0.15, -0.1) is 0 Å². The predicted octanol–water partition coefficient (Wildman–Crippen LogP) is 3.15. The van der Waals surface area contributed by atoms with Gasteiger partial charge in [0.05, 0.1) is 6.20 Å². The van der Waals surface area contributed by atoms with Gasteiger partial charge in [0.1, 0.15) is 5.76 Å². The fourth-order valence-electron chi connectivity index (χ4n) is 3.44. The van der Waals surface area contributed by atoms with E-state index in [1.807, 2.05) is 24.0 Å². The van der Waals surface area contributed by atoms with Gasteiger partial charge in [0, 0.05) is 31.3 Å². The normalized spacial score (nSPS) is 17.4. The van der Waals surface area contributed by atoms with Crippen molar-refractivity contribution in [1.29, 1.82) is 0 Å². The average Bonchev–Trinajstić information content (AvgIpc) is 3.16. The van der Waals surface area contributed by atoms with Crippen LogP contribution >= 0.6 is 0 Å². The summed E-state index contributed by atoms with van der Waals surface area (Å²) in [5.41, 5.74) is 2.85. The summed E-state index contributed by atoms with van der Waals surface area (Å²) >= 11 is 0. The monoisotopic (exact) mass is 344 g/mol. The van der Waals surface area contributed by atoms with E-state index in [4.69, 9.17) is 4.52 Å². The van der Waals surface area contributed by atoms with E-state index in [1.165, 1.54) is 0 Å². The van der Waals surface area contributed by atoms with Crippen LogP contribution in [0.5, 0.6) is 0 Å². The summed E-state index contributed by atoms with van der Waals surface area (Å²) in [7, 11) is 0. The predicted molar refractivity (Wildman–Crippen MR) is 95.4 cm³/mol. The van der Waals surface area contributed by atoms with Crippen LogP contribution in [0.25, 0.3) is 0 Å². The number of nitrogens with zero attached hydrogens (tertiary/aromatic N) is 3. The molecule has 25 heavy (non-hydrogen) atoms. The van der Waals surface area contributed by atoms with Crippen molar-refractivity contribution in [1.82, 2.24) is 20.3 Å². The van der Waals surface area contributed by atoms with Crippen LogP contribution in [0.2, 0.25) is 0 Å². The molecule has 2 heterocycles. The molecule has 1 amide bonds. The molecule has 1 unspecified atom stereocenters. The van der Waals surface area contributed by atoms with Gasteiger partial charge in [0.25, 0.3) is 5.91 Å². The van der Waals surface area contributed by atoms with E-state index in [2.05, 4.69) is 36.3 Å². The number of hydrogen-bond donors (Lipinski definition) is 1. The van der Waals surface area contributed by atoms with Crippen molar-refractivity contribution in [2.75, 3.05) is 6.54 Å². The molecule has 3 rings (SSSR count). The van der Waals surface area contributed by atoms with Crippen molar-refractivity contribution >= 4 is 5.91 Å². The SMILES string of the molecule is Cc1cnn(CCCNC(=O)c2noc3c2CC(C(C)(C)C)CC3)c1. The molecule has 2 aromatic heterocycles. The van der Waals surface area contributed by atoms with Crippen LogP contribution in [-0.2, 0) is 19.4 Å². The molecule has 1 aliphatic carbocycles. The molecule has 6 nitrogen and oxygen atoms in total. The molecule has 1 atom stereocenters. The highest BCUT2D eigenvalue weighted by Gasteiger charge is 2.33. The first-order chi connectivity index (χ1) is 11.8. The Morgan fingerprint density at radius 1 is 1.44 bits per heavy atom. The standard InChI is InChI=1S/C19H28N4O2/c1-13-11-21-23(12-13)9-5-8-20-18(24)17-15-10-14(19(2,3)4)6-7-16(15)25-22-17/h11-12,14H,5-10H2,1-4H3,(H,20,24). The Morgan fingerprint density at radius 3 is 2.92 bits per heavy atom. The van der Waals surface area contributed by atoms with Gasteiger partial charge in [-0.25, -0.2) is 0 Å². The number of fused-ring (bicyclic) bond motifs is 1.